The molecule has 1 fully saturated rings. The molecule has 78 valence electrons. The molecule has 2 atom stereocenters. The number of ether oxygens (including phenoxy) is 1. The van der Waals surface area contributed by atoms with Gasteiger partial charge >= 0.3 is 0 Å². The minimum Gasteiger partial charge on any atom is -0.366 e. The van der Waals surface area contributed by atoms with E-state index in [0.29, 0.717) is 0 Å². The highest BCUT2D eigenvalue weighted by Gasteiger charge is 2.35. The van der Waals surface area contributed by atoms with Crippen LogP contribution >= 0.6 is 0 Å². The van der Waals surface area contributed by atoms with Gasteiger partial charge < -0.3 is 9.84 Å². The highest BCUT2D eigenvalue weighted by molar-refractivity contribution is 4.74. The van der Waals surface area contributed by atoms with Crippen LogP contribution in [0.3, 0.4) is 0 Å². The Morgan fingerprint density at radius 1 is 1.00 bits per heavy atom. The van der Waals surface area contributed by atoms with Gasteiger partial charge in [0.2, 0.25) is 0 Å². The molecule has 1 heterocycles. The Morgan fingerprint density at radius 2 is 1.54 bits per heavy atom. The largest absolute Gasteiger partial charge is 0.366 e. The Morgan fingerprint density at radius 3 is 2.08 bits per heavy atom. The van der Waals surface area contributed by atoms with Crippen molar-refractivity contribution in [1.82, 2.24) is 0 Å². The smallest absolute Gasteiger partial charge is 0.181 e. The second-order valence-electron chi connectivity index (χ2n) is 3.98. The van der Waals surface area contributed by atoms with Crippen molar-refractivity contribution in [3.05, 3.63) is 0 Å². The number of hydrogen-bond acceptors (Lipinski definition) is 2. The van der Waals surface area contributed by atoms with Crippen molar-refractivity contribution in [3.8, 4) is 0 Å². The van der Waals surface area contributed by atoms with Crippen LogP contribution in [-0.2, 0) is 4.74 Å². The molecule has 2 unspecified atom stereocenters. The number of epoxide rings is 1. The van der Waals surface area contributed by atoms with Gasteiger partial charge in [-0.2, -0.15) is 0 Å². The molecule has 2 heteroatoms. The second kappa shape index (κ2) is 6.39. The molecule has 0 aromatic heterocycles. The average molecular weight is 186 g/mol. The highest BCUT2D eigenvalue weighted by Crippen LogP contribution is 2.24. The molecule has 0 amide bonds. The van der Waals surface area contributed by atoms with Crippen molar-refractivity contribution in [1.29, 1.82) is 0 Å². The summed E-state index contributed by atoms with van der Waals surface area (Å²) in [7, 11) is 0. The molecule has 1 saturated heterocycles. The van der Waals surface area contributed by atoms with Gasteiger partial charge in [-0.1, -0.05) is 51.9 Å². The van der Waals surface area contributed by atoms with E-state index in [4.69, 9.17) is 9.84 Å². The Balaban J connectivity index is 1.69. The number of unbranched alkanes of at least 4 members (excludes halogenated alkanes) is 6. The van der Waals surface area contributed by atoms with Crippen LogP contribution in [0.4, 0.5) is 0 Å². The van der Waals surface area contributed by atoms with E-state index < -0.39 is 6.29 Å². The first kappa shape index (κ1) is 11.0. The molecule has 2 nitrogen and oxygen atoms in total. The summed E-state index contributed by atoms with van der Waals surface area (Å²) in [5.74, 6) is 0. The minimum atomic E-state index is -0.430. The molecule has 1 aliphatic rings. The quantitative estimate of drug-likeness (QED) is 0.467. The standard InChI is InChI=1S/C11H22O2/c1-2-3-4-5-6-7-8-9-10-11(12)13-10/h10-12H,2-9H2,1H3. The highest BCUT2D eigenvalue weighted by atomic mass is 16.7. The summed E-state index contributed by atoms with van der Waals surface area (Å²) >= 11 is 0. The monoisotopic (exact) mass is 186 g/mol. The van der Waals surface area contributed by atoms with Crippen LogP contribution in [0.5, 0.6) is 0 Å². The first-order chi connectivity index (χ1) is 6.34. The summed E-state index contributed by atoms with van der Waals surface area (Å²) in [4.78, 5) is 0. The lowest BCUT2D eigenvalue weighted by Gasteiger charge is -1.99. The van der Waals surface area contributed by atoms with Gasteiger partial charge in [-0.05, 0) is 6.42 Å². The molecule has 0 aliphatic carbocycles. The third kappa shape index (κ3) is 5.27. The number of rotatable bonds is 8. The molecular formula is C11H22O2. The lowest BCUT2D eigenvalue weighted by Crippen LogP contribution is -1.91. The first-order valence-corrected chi connectivity index (χ1v) is 5.68. The predicted octanol–water partition coefficient (Wildman–Crippen LogP) is 2.84. The van der Waals surface area contributed by atoms with Gasteiger partial charge in [0, 0.05) is 0 Å². The SMILES string of the molecule is CCCCCCCCCC1OC1O. The van der Waals surface area contributed by atoms with E-state index in [9.17, 15) is 0 Å². The van der Waals surface area contributed by atoms with E-state index >= 15 is 0 Å². The molecule has 1 aliphatic heterocycles. The van der Waals surface area contributed by atoms with E-state index in [1.54, 1.807) is 0 Å². The summed E-state index contributed by atoms with van der Waals surface area (Å²) in [6.07, 6.45) is 10.1. The molecule has 0 bridgehead atoms. The van der Waals surface area contributed by atoms with Crippen molar-refractivity contribution >= 4 is 0 Å². The van der Waals surface area contributed by atoms with Crippen LogP contribution in [0.2, 0.25) is 0 Å². The summed E-state index contributed by atoms with van der Waals surface area (Å²) < 4.78 is 4.92. The van der Waals surface area contributed by atoms with E-state index in [1.165, 1.54) is 44.9 Å². The first-order valence-electron chi connectivity index (χ1n) is 5.68. The summed E-state index contributed by atoms with van der Waals surface area (Å²) in [6, 6.07) is 0. The molecule has 0 aromatic rings. The van der Waals surface area contributed by atoms with Crippen molar-refractivity contribution < 1.29 is 9.84 Å². The fourth-order valence-corrected chi connectivity index (χ4v) is 1.65. The molecule has 0 spiro atoms. The van der Waals surface area contributed by atoms with Gasteiger partial charge in [0.05, 0.1) is 0 Å². The maximum atomic E-state index is 8.88. The fraction of sp³-hybridized carbons (Fsp3) is 1.00. The minimum absolute atomic E-state index is 0.177. The van der Waals surface area contributed by atoms with Crippen LogP contribution in [0, 0.1) is 0 Å². The van der Waals surface area contributed by atoms with Crippen molar-refractivity contribution in [2.24, 2.45) is 0 Å². The maximum absolute atomic E-state index is 8.88. The van der Waals surface area contributed by atoms with Gasteiger partial charge in [-0.15, -0.1) is 0 Å². The van der Waals surface area contributed by atoms with E-state index in [0.717, 1.165) is 6.42 Å². The summed E-state index contributed by atoms with van der Waals surface area (Å²) in [6.45, 7) is 2.24. The van der Waals surface area contributed by atoms with E-state index in [1.807, 2.05) is 0 Å². The molecule has 0 radical (unpaired) electrons. The van der Waals surface area contributed by atoms with Gasteiger partial charge in [0.25, 0.3) is 0 Å². The van der Waals surface area contributed by atoms with Crippen molar-refractivity contribution in [3.63, 3.8) is 0 Å². The normalized spacial score (nSPS) is 26.3. The lowest BCUT2D eigenvalue weighted by atomic mass is 10.1. The third-order valence-electron chi connectivity index (χ3n) is 2.65. The average Bonchev–Trinajstić information content (AvgIpc) is 2.81. The topological polar surface area (TPSA) is 32.8 Å². The van der Waals surface area contributed by atoms with Gasteiger partial charge in [-0.3, -0.25) is 0 Å². The van der Waals surface area contributed by atoms with Crippen LogP contribution < -0.4 is 0 Å². The van der Waals surface area contributed by atoms with Crippen LogP contribution in [0.25, 0.3) is 0 Å². The Labute approximate surface area is 81.3 Å². The van der Waals surface area contributed by atoms with Crippen LogP contribution in [-0.4, -0.2) is 17.5 Å². The number of aliphatic hydroxyl groups is 1. The second-order valence-corrected chi connectivity index (χ2v) is 3.98. The Bertz CT molecular complexity index is 125. The van der Waals surface area contributed by atoms with Crippen LogP contribution in [0.1, 0.15) is 58.3 Å². The van der Waals surface area contributed by atoms with Crippen molar-refractivity contribution in [2.75, 3.05) is 0 Å². The zero-order chi connectivity index (χ0) is 9.52. The molecular weight excluding hydrogens is 164 g/mol. The predicted molar refractivity (Wildman–Crippen MR) is 53.5 cm³/mol. The van der Waals surface area contributed by atoms with E-state index in [2.05, 4.69) is 6.92 Å². The van der Waals surface area contributed by atoms with Gasteiger partial charge in [-0.25, -0.2) is 0 Å². The Kier molecular flexibility index (Phi) is 5.40. The fourth-order valence-electron chi connectivity index (χ4n) is 1.65. The van der Waals surface area contributed by atoms with Gasteiger partial charge in [0.15, 0.2) is 6.29 Å². The molecule has 1 rings (SSSR count). The zero-order valence-electron chi connectivity index (χ0n) is 8.67. The molecule has 0 aromatic carbocycles. The molecule has 1 N–H and O–H groups in total. The van der Waals surface area contributed by atoms with E-state index in [-0.39, 0.29) is 6.10 Å². The maximum Gasteiger partial charge on any atom is 0.181 e. The third-order valence-corrected chi connectivity index (χ3v) is 2.65. The number of aliphatic hydroxyl groups excluding tert-OH is 1. The number of hydrogen-bond donors (Lipinski definition) is 1. The summed E-state index contributed by atoms with van der Waals surface area (Å²) in [5.41, 5.74) is 0. The lowest BCUT2D eigenvalue weighted by molar-refractivity contribution is 0.156. The van der Waals surface area contributed by atoms with Crippen LogP contribution in [0.15, 0.2) is 0 Å². The summed E-state index contributed by atoms with van der Waals surface area (Å²) in [5, 5.41) is 8.88. The molecule has 0 saturated carbocycles. The zero-order valence-corrected chi connectivity index (χ0v) is 8.67. The Hall–Kier alpha value is -0.0800. The molecule has 13 heavy (non-hydrogen) atoms. The van der Waals surface area contributed by atoms with Gasteiger partial charge in [0.1, 0.15) is 6.10 Å². The van der Waals surface area contributed by atoms with Crippen molar-refractivity contribution in [2.45, 2.75) is 70.7 Å².